The van der Waals surface area contributed by atoms with Crippen LogP contribution >= 0.6 is 0 Å². The Morgan fingerprint density at radius 1 is 1.14 bits per heavy atom. The average Bonchev–Trinajstić information content (AvgIpc) is 2.55. The van der Waals surface area contributed by atoms with E-state index in [1.807, 2.05) is 30.3 Å². The Balaban J connectivity index is 1.81. The smallest absolute Gasteiger partial charge is 0.274 e. The second-order valence-electron chi connectivity index (χ2n) is 5.08. The monoisotopic (exact) mass is 297 g/mol. The summed E-state index contributed by atoms with van der Waals surface area (Å²) in [5, 5.41) is 14.6. The number of hydrogen-bond donors (Lipinski definition) is 4. The van der Waals surface area contributed by atoms with Crippen molar-refractivity contribution in [2.45, 2.75) is 12.5 Å². The Labute approximate surface area is 127 Å². The molecule has 1 aliphatic heterocycles. The molecule has 0 bridgehead atoms. The number of amides is 2. The highest BCUT2D eigenvalue weighted by molar-refractivity contribution is 6.05. The summed E-state index contributed by atoms with van der Waals surface area (Å²) in [6.45, 7) is 0. The van der Waals surface area contributed by atoms with E-state index in [0.717, 1.165) is 11.3 Å². The minimum atomic E-state index is -0.622. The number of hydroxylamine groups is 1. The van der Waals surface area contributed by atoms with Crippen molar-refractivity contribution in [1.29, 1.82) is 0 Å². The first-order chi connectivity index (χ1) is 10.7. The molecule has 0 radical (unpaired) electrons. The highest BCUT2D eigenvalue weighted by Crippen LogP contribution is 2.28. The number of rotatable bonds is 3. The molecule has 2 amide bonds. The van der Waals surface area contributed by atoms with E-state index in [1.54, 1.807) is 17.6 Å². The van der Waals surface area contributed by atoms with Crippen molar-refractivity contribution in [2.24, 2.45) is 0 Å². The molecule has 2 aromatic rings. The van der Waals surface area contributed by atoms with E-state index in [2.05, 4.69) is 10.6 Å². The van der Waals surface area contributed by atoms with Gasteiger partial charge < -0.3 is 10.6 Å². The van der Waals surface area contributed by atoms with Crippen LogP contribution in [0.25, 0.3) is 0 Å². The fourth-order valence-corrected chi connectivity index (χ4v) is 2.45. The van der Waals surface area contributed by atoms with E-state index >= 15 is 0 Å². The molecule has 6 nitrogen and oxygen atoms in total. The van der Waals surface area contributed by atoms with Crippen molar-refractivity contribution in [2.75, 3.05) is 10.6 Å². The lowest BCUT2D eigenvalue weighted by atomic mass is 10.0. The SMILES string of the molecule is O=C(NO)c1ccc2c(c1)NC(=O)[C@H](Cc1ccccc1)N2. The summed E-state index contributed by atoms with van der Waals surface area (Å²) in [4.78, 5) is 23.6. The molecule has 0 aromatic heterocycles. The molecule has 4 N–H and O–H groups in total. The minimum Gasteiger partial charge on any atom is -0.372 e. The van der Waals surface area contributed by atoms with E-state index in [4.69, 9.17) is 5.21 Å². The van der Waals surface area contributed by atoms with Crippen molar-refractivity contribution in [3.63, 3.8) is 0 Å². The van der Waals surface area contributed by atoms with Crippen LogP contribution in [0.1, 0.15) is 15.9 Å². The summed E-state index contributed by atoms with van der Waals surface area (Å²) >= 11 is 0. The zero-order chi connectivity index (χ0) is 15.5. The van der Waals surface area contributed by atoms with Gasteiger partial charge in [-0.3, -0.25) is 14.8 Å². The lowest BCUT2D eigenvalue weighted by Gasteiger charge is -2.27. The summed E-state index contributed by atoms with van der Waals surface area (Å²) in [5.74, 6) is -0.777. The third-order valence-corrected chi connectivity index (χ3v) is 3.57. The van der Waals surface area contributed by atoms with Crippen LogP contribution in [-0.4, -0.2) is 23.1 Å². The third-order valence-electron chi connectivity index (χ3n) is 3.57. The second kappa shape index (κ2) is 5.87. The van der Waals surface area contributed by atoms with Crippen molar-refractivity contribution in [1.82, 2.24) is 5.48 Å². The fraction of sp³-hybridized carbons (Fsp3) is 0.125. The number of anilines is 2. The summed E-state index contributed by atoms with van der Waals surface area (Å²) in [6.07, 6.45) is 0.574. The van der Waals surface area contributed by atoms with Crippen LogP contribution in [0.4, 0.5) is 11.4 Å². The average molecular weight is 297 g/mol. The Bertz CT molecular complexity index is 716. The second-order valence-corrected chi connectivity index (χ2v) is 5.08. The third kappa shape index (κ3) is 2.77. The predicted molar refractivity (Wildman–Crippen MR) is 81.9 cm³/mol. The molecule has 1 heterocycles. The summed E-state index contributed by atoms with van der Waals surface area (Å²) < 4.78 is 0. The lowest BCUT2D eigenvalue weighted by molar-refractivity contribution is -0.117. The molecule has 0 saturated carbocycles. The van der Waals surface area contributed by atoms with E-state index in [0.29, 0.717) is 12.1 Å². The van der Waals surface area contributed by atoms with Crippen LogP contribution in [-0.2, 0) is 11.2 Å². The maximum atomic E-state index is 12.2. The quantitative estimate of drug-likeness (QED) is 0.513. The number of benzene rings is 2. The Morgan fingerprint density at radius 3 is 2.64 bits per heavy atom. The van der Waals surface area contributed by atoms with Crippen molar-refractivity contribution < 1.29 is 14.8 Å². The molecule has 112 valence electrons. The van der Waals surface area contributed by atoms with Crippen LogP contribution in [0.3, 0.4) is 0 Å². The maximum Gasteiger partial charge on any atom is 0.274 e. The normalized spacial score (nSPS) is 16.2. The van der Waals surface area contributed by atoms with Crippen molar-refractivity contribution >= 4 is 23.2 Å². The van der Waals surface area contributed by atoms with Gasteiger partial charge in [0.05, 0.1) is 11.4 Å². The van der Waals surface area contributed by atoms with Gasteiger partial charge in [-0.05, 0) is 23.8 Å². The van der Waals surface area contributed by atoms with Gasteiger partial charge in [-0.2, -0.15) is 0 Å². The topological polar surface area (TPSA) is 90.5 Å². The zero-order valence-electron chi connectivity index (χ0n) is 11.7. The van der Waals surface area contributed by atoms with E-state index in [9.17, 15) is 9.59 Å². The van der Waals surface area contributed by atoms with Gasteiger partial charge in [-0.25, -0.2) is 5.48 Å². The predicted octanol–water partition coefficient (Wildman–Crippen LogP) is 1.78. The number of nitrogens with one attached hydrogen (secondary N) is 3. The van der Waals surface area contributed by atoms with Gasteiger partial charge >= 0.3 is 0 Å². The summed E-state index contributed by atoms with van der Waals surface area (Å²) in [7, 11) is 0. The number of fused-ring (bicyclic) bond motifs is 1. The van der Waals surface area contributed by atoms with Crippen molar-refractivity contribution in [3.8, 4) is 0 Å². The highest BCUT2D eigenvalue weighted by atomic mass is 16.5. The summed E-state index contributed by atoms with van der Waals surface area (Å²) in [5.41, 5.74) is 4.17. The van der Waals surface area contributed by atoms with Gasteiger partial charge in [0.15, 0.2) is 0 Å². The Kier molecular flexibility index (Phi) is 3.76. The standard InChI is InChI=1S/C16H15N3O3/c20-15(19-22)11-6-7-12-13(9-11)18-16(21)14(17-12)8-10-4-2-1-3-5-10/h1-7,9,14,17,22H,8H2,(H,18,21)(H,19,20)/t14-/m0/s1. The number of carbonyl (C=O) groups is 2. The fourth-order valence-electron chi connectivity index (χ4n) is 2.45. The van der Waals surface area contributed by atoms with Crippen LogP contribution in [0.2, 0.25) is 0 Å². The van der Waals surface area contributed by atoms with E-state index < -0.39 is 5.91 Å². The molecule has 0 spiro atoms. The highest BCUT2D eigenvalue weighted by Gasteiger charge is 2.26. The van der Waals surface area contributed by atoms with E-state index in [1.165, 1.54) is 6.07 Å². The van der Waals surface area contributed by atoms with Crippen LogP contribution in [0, 0.1) is 0 Å². The molecule has 0 fully saturated rings. The van der Waals surface area contributed by atoms with Gasteiger partial charge in [0.25, 0.3) is 5.91 Å². The van der Waals surface area contributed by atoms with Crippen LogP contribution < -0.4 is 16.1 Å². The van der Waals surface area contributed by atoms with Gasteiger partial charge in [0.2, 0.25) is 5.91 Å². The molecule has 22 heavy (non-hydrogen) atoms. The molecule has 0 aliphatic carbocycles. The lowest BCUT2D eigenvalue weighted by Crippen LogP contribution is -2.40. The van der Waals surface area contributed by atoms with Crippen LogP contribution in [0.5, 0.6) is 0 Å². The molecule has 1 atom stereocenters. The van der Waals surface area contributed by atoms with Gasteiger partial charge in [-0.1, -0.05) is 30.3 Å². The largest absolute Gasteiger partial charge is 0.372 e. The summed E-state index contributed by atoms with van der Waals surface area (Å²) in [6, 6.07) is 14.2. The Morgan fingerprint density at radius 2 is 1.91 bits per heavy atom. The first-order valence-electron chi connectivity index (χ1n) is 6.87. The number of hydrogen-bond acceptors (Lipinski definition) is 4. The first-order valence-corrected chi connectivity index (χ1v) is 6.87. The molecule has 2 aromatic carbocycles. The molecule has 0 unspecified atom stereocenters. The van der Waals surface area contributed by atoms with Crippen LogP contribution in [0.15, 0.2) is 48.5 Å². The zero-order valence-corrected chi connectivity index (χ0v) is 11.7. The molecule has 6 heteroatoms. The van der Waals surface area contributed by atoms with Gasteiger partial charge in [0, 0.05) is 12.0 Å². The first kappa shape index (κ1) is 14.1. The Hall–Kier alpha value is -2.86. The van der Waals surface area contributed by atoms with Gasteiger partial charge in [-0.15, -0.1) is 0 Å². The maximum absolute atomic E-state index is 12.2. The molecular weight excluding hydrogens is 282 g/mol. The molecule has 1 aliphatic rings. The molecular formula is C16H15N3O3. The van der Waals surface area contributed by atoms with Crippen molar-refractivity contribution in [3.05, 3.63) is 59.7 Å². The van der Waals surface area contributed by atoms with Gasteiger partial charge in [0.1, 0.15) is 6.04 Å². The van der Waals surface area contributed by atoms with E-state index in [-0.39, 0.29) is 17.5 Å². The minimum absolute atomic E-state index is 0.155. The molecule has 3 rings (SSSR count). The molecule has 0 saturated heterocycles. The number of carbonyl (C=O) groups excluding carboxylic acids is 2.